The molecule has 0 N–H and O–H groups in total. The van der Waals surface area contributed by atoms with E-state index < -0.39 is 0 Å². The van der Waals surface area contributed by atoms with E-state index in [4.69, 9.17) is 4.74 Å². The van der Waals surface area contributed by atoms with Crippen molar-refractivity contribution in [2.24, 2.45) is 0 Å². The molecule has 1 saturated carbocycles. The topological polar surface area (TPSA) is 15.7 Å². The number of halogens is 2. The number of nitrogens with zero attached hydrogens (tertiary/aromatic N) is 2. The minimum Gasteiger partial charge on any atom is -0.375 e. The molecular formula is C25H36Cl2N2O. The van der Waals surface area contributed by atoms with Crippen LogP contribution in [0.3, 0.4) is 0 Å². The van der Waals surface area contributed by atoms with Crippen molar-refractivity contribution in [3.63, 3.8) is 0 Å². The molecule has 0 spiro atoms. The molecular weight excluding hydrogens is 415 g/mol. The summed E-state index contributed by atoms with van der Waals surface area (Å²) < 4.78 is 6.18. The van der Waals surface area contributed by atoms with Crippen molar-refractivity contribution < 1.29 is 4.74 Å². The van der Waals surface area contributed by atoms with Crippen LogP contribution in [0.25, 0.3) is 0 Å². The summed E-state index contributed by atoms with van der Waals surface area (Å²) in [6, 6.07) is 22.6. The summed E-state index contributed by atoms with van der Waals surface area (Å²) in [6.07, 6.45) is 7.09. The van der Waals surface area contributed by atoms with Gasteiger partial charge in [-0.1, -0.05) is 79.9 Å². The summed E-state index contributed by atoms with van der Waals surface area (Å²) in [4.78, 5) is 5.39. The minimum absolute atomic E-state index is 0. The van der Waals surface area contributed by atoms with Gasteiger partial charge in [0, 0.05) is 32.2 Å². The maximum atomic E-state index is 6.18. The zero-order chi connectivity index (χ0) is 19.0. The van der Waals surface area contributed by atoms with Gasteiger partial charge in [0.1, 0.15) is 0 Å². The highest BCUT2D eigenvalue weighted by atomic mass is 35.5. The van der Waals surface area contributed by atoms with Crippen LogP contribution in [0.5, 0.6) is 0 Å². The van der Waals surface area contributed by atoms with E-state index in [-0.39, 0.29) is 24.8 Å². The zero-order valence-corrected chi connectivity index (χ0v) is 19.5. The molecule has 0 aromatic heterocycles. The van der Waals surface area contributed by atoms with E-state index in [0.29, 0.717) is 12.6 Å². The van der Waals surface area contributed by atoms with Crippen LogP contribution in [-0.4, -0.2) is 48.6 Å². The third-order valence-electron chi connectivity index (χ3n) is 6.45. The van der Waals surface area contributed by atoms with Gasteiger partial charge in [0.25, 0.3) is 0 Å². The molecule has 1 saturated heterocycles. The van der Waals surface area contributed by atoms with Gasteiger partial charge in [-0.05, 0) is 24.0 Å². The Morgan fingerprint density at radius 2 is 1.37 bits per heavy atom. The zero-order valence-electron chi connectivity index (χ0n) is 17.8. The second-order valence-corrected chi connectivity index (χ2v) is 8.29. The molecule has 1 atom stereocenters. The molecule has 2 aromatic carbocycles. The average Bonchev–Trinajstić information content (AvgIpc) is 2.79. The van der Waals surface area contributed by atoms with Crippen molar-refractivity contribution in [3.8, 4) is 0 Å². The number of hydrogen-bond acceptors (Lipinski definition) is 3. The van der Waals surface area contributed by atoms with Gasteiger partial charge >= 0.3 is 0 Å². The number of ether oxygens (including phenoxy) is 1. The van der Waals surface area contributed by atoms with Crippen molar-refractivity contribution >= 4 is 24.8 Å². The summed E-state index contributed by atoms with van der Waals surface area (Å²) >= 11 is 0. The summed E-state index contributed by atoms with van der Waals surface area (Å²) in [6.45, 7) is 6.13. The molecule has 0 bridgehead atoms. The van der Waals surface area contributed by atoms with Crippen LogP contribution in [0.4, 0.5) is 0 Å². The van der Waals surface area contributed by atoms with Gasteiger partial charge in [-0.2, -0.15) is 0 Å². The van der Waals surface area contributed by atoms with Gasteiger partial charge < -0.3 is 4.74 Å². The van der Waals surface area contributed by atoms with Gasteiger partial charge in [0.05, 0.1) is 19.3 Å². The Bertz CT molecular complexity index is 687. The van der Waals surface area contributed by atoms with E-state index in [2.05, 4.69) is 70.5 Å². The molecule has 166 valence electrons. The molecule has 1 aliphatic carbocycles. The van der Waals surface area contributed by atoms with Crippen LogP contribution in [-0.2, 0) is 11.3 Å². The van der Waals surface area contributed by atoms with Gasteiger partial charge in [0.15, 0.2) is 0 Å². The fourth-order valence-electron chi connectivity index (χ4n) is 4.81. The van der Waals surface area contributed by atoms with Crippen LogP contribution < -0.4 is 0 Å². The fourth-order valence-corrected chi connectivity index (χ4v) is 4.81. The van der Waals surface area contributed by atoms with E-state index in [1.807, 2.05) is 0 Å². The third kappa shape index (κ3) is 6.96. The first-order valence-corrected chi connectivity index (χ1v) is 11.0. The maximum Gasteiger partial charge on any atom is 0.0717 e. The van der Waals surface area contributed by atoms with E-state index in [1.165, 1.54) is 56.3 Å². The SMILES string of the molecule is Cl.Cl.c1ccc(COC[C@@H](c2ccccc2)N2CCN(C3CCCCC3)CC2)cc1. The highest BCUT2D eigenvalue weighted by molar-refractivity contribution is 5.85. The van der Waals surface area contributed by atoms with E-state index >= 15 is 0 Å². The second kappa shape index (κ2) is 13.3. The van der Waals surface area contributed by atoms with Crippen LogP contribution in [0, 0.1) is 0 Å². The summed E-state index contributed by atoms with van der Waals surface area (Å²) in [5, 5.41) is 0. The monoisotopic (exact) mass is 450 g/mol. The third-order valence-corrected chi connectivity index (χ3v) is 6.45. The van der Waals surface area contributed by atoms with Crippen LogP contribution in [0.2, 0.25) is 0 Å². The Labute approximate surface area is 194 Å². The van der Waals surface area contributed by atoms with Crippen molar-refractivity contribution in [3.05, 3.63) is 71.8 Å². The lowest BCUT2D eigenvalue weighted by Gasteiger charge is -2.43. The molecule has 5 heteroatoms. The largest absolute Gasteiger partial charge is 0.375 e. The smallest absolute Gasteiger partial charge is 0.0717 e. The molecule has 0 radical (unpaired) electrons. The van der Waals surface area contributed by atoms with Crippen LogP contribution >= 0.6 is 24.8 Å². The van der Waals surface area contributed by atoms with Crippen molar-refractivity contribution in [1.29, 1.82) is 0 Å². The van der Waals surface area contributed by atoms with Gasteiger partial charge in [-0.25, -0.2) is 0 Å². The number of benzene rings is 2. The molecule has 2 fully saturated rings. The number of piperazine rings is 1. The molecule has 30 heavy (non-hydrogen) atoms. The normalized spacial score (nSPS) is 19.5. The Hall–Kier alpha value is -1.10. The van der Waals surface area contributed by atoms with Crippen LogP contribution in [0.1, 0.15) is 49.3 Å². The second-order valence-electron chi connectivity index (χ2n) is 8.29. The molecule has 0 unspecified atom stereocenters. The summed E-state index contributed by atoms with van der Waals surface area (Å²) in [7, 11) is 0. The van der Waals surface area contributed by atoms with E-state index in [1.54, 1.807) is 0 Å². The first-order valence-electron chi connectivity index (χ1n) is 11.0. The van der Waals surface area contributed by atoms with Gasteiger partial charge in [-0.3, -0.25) is 9.80 Å². The van der Waals surface area contributed by atoms with Crippen molar-refractivity contribution in [2.45, 2.75) is 50.8 Å². The average molecular weight is 451 g/mol. The molecule has 3 nitrogen and oxygen atoms in total. The molecule has 1 heterocycles. The highest BCUT2D eigenvalue weighted by Gasteiger charge is 2.29. The first-order chi connectivity index (χ1) is 13.9. The van der Waals surface area contributed by atoms with Gasteiger partial charge in [0.2, 0.25) is 0 Å². The quantitative estimate of drug-likeness (QED) is 0.534. The lowest BCUT2D eigenvalue weighted by atomic mass is 9.93. The predicted molar refractivity (Wildman–Crippen MR) is 130 cm³/mol. The van der Waals surface area contributed by atoms with Crippen molar-refractivity contribution in [1.82, 2.24) is 9.80 Å². The Morgan fingerprint density at radius 1 is 0.767 bits per heavy atom. The standard InChI is InChI=1S/C25H34N2O.2ClH/c1-4-10-22(11-5-1)20-28-21-25(23-12-6-2-7-13-23)27-18-16-26(17-19-27)24-14-8-3-9-15-24;;/h1-2,4-7,10-13,24-25H,3,8-9,14-21H2;2*1H/t25-;;/m0../s1. The molecule has 1 aliphatic heterocycles. The lowest BCUT2D eigenvalue weighted by molar-refractivity contribution is 0.0113. The molecule has 0 amide bonds. The lowest BCUT2D eigenvalue weighted by Crippen LogP contribution is -2.52. The fraction of sp³-hybridized carbons (Fsp3) is 0.520. The van der Waals surface area contributed by atoms with E-state index in [0.717, 1.165) is 25.7 Å². The Kier molecular flexibility index (Phi) is 11.2. The Balaban J connectivity index is 0.00000160. The summed E-state index contributed by atoms with van der Waals surface area (Å²) in [5.41, 5.74) is 2.62. The predicted octanol–water partition coefficient (Wildman–Crippen LogP) is 5.74. The van der Waals surface area contributed by atoms with Crippen molar-refractivity contribution in [2.75, 3.05) is 32.8 Å². The van der Waals surface area contributed by atoms with Crippen LogP contribution in [0.15, 0.2) is 60.7 Å². The highest BCUT2D eigenvalue weighted by Crippen LogP contribution is 2.27. The molecule has 4 rings (SSSR count). The summed E-state index contributed by atoms with van der Waals surface area (Å²) in [5.74, 6) is 0. The Morgan fingerprint density at radius 3 is 2.00 bits per heavy atom. The molecule has 2 aliphatic rings. The minimum atomic E-state index is 0. The number of rotatable bonds is 7. The first kappa shape index (κ1) is 25.2. The molecule has 2 aromatic rings. The maximum absolute atomic E-state index is 6.18. The van der Waals surface area contributed by atoms with E-state index in [9.17, 15) is 0 Å². The van der Waals surface area contributed by atoms with Gasteiger partial charge in [-0.15, -0.1) is 24.8 Å². The number of hydrogen-bond donors (Lipinski definition) is 0.